The second-order valence-electron chi connectivity index (χ2n) is 8.82. The molecule has 0 spiro atoms. The maximum absolute atomic E-state index is 13.5. The zero-order valence-electron chi connectivity index (χ0n) is 19.9. The van der Waals surface area contributed by atoms with E-state index in [2.05, 4.69) is 10.6 Å². The number of hydrogen-bond acceptors (Lipinski definition) is 5. The molecule has 8 nitrogen and oxygen atoms in total. The molecule has 1 saturated carbocycles. The zero-order chi connectivity index (χ0) is 24.6. The van der Waals surface area contributed by atoms with Crippen molar-refractivity contribution in [3.63, 3.8) is 0 Å². The Hall–Kier alpha value is -3.81. The molecule has 3 amide bonds. The molecule has 0 aliphatic heterocycles. The van der Waals surface area contributed by atoms with Crippen molar-refractivity contribution < 1.29 is 23.2 Å². The van der Waals surface area contributed by atoms with Gasteiger partial charge in [-0.3, -0.25) is 14.4 Å². The van der Waals surface area contributed by atoms with Gasteiger partial charge in [-0.15, -0.1) is 0 Å². The molecule has 4 rings (SSSR count). The van der Waals surface area contributed by atoms with Crippen LogP contribution in [0.5, 0.6) is 0 Å². The smallest absolute Gasteiger partial charge is 0.287 e. The van der Waals surface area contributed by atoms with E-state index in [1.165, 1.54) is 17.2 Å². The molecule has 0 bridgehead atoms. The van der Waals surface area contributed by atoms with Crippen molar-refractivity contribution in [3.8, 4) is 0 Å². The summed E-state index contributed by atoms with van der Waals surface area (Å²) in [5, 5.41) is 5.71. The first-order valence-corrected chi connectivity index (χ1v) is 12.0. The Morgan fingerprint density at radius 1 is 1.03 bits per heavy atom. The van der Waals surface area contributed by atoms with Crippen LogP contribution in [0.15, 0.2) is 69.7 Å². The molecule has 1 atom stereocenters. The highest BCUT2D eigenvalue weighted by atomic mass is 16.3. The Bertz CT molecular complexity index is 1120. The number of amides is 3. The van der Waals surface area contributed by atoms with Gasteiger partial charge in [0, 0.05) is 12.6 Å². The van der Waals surface area contributed by atoms with E-state index in [4.69, 9.17) is 8.83 Å². The number of nitrogens with zero attached hydrogens (tertiary/aromatic N) is 1. The molecule has 1 fully saturated rings. The Morgan fingerprint density at radius 2 is 1.80 bits per heavy atom. The maximum Gasteiger partial charge on any atom is 0.287 e. The first-order valence-electron chi connectivity index (χ1n) is 12.0. The molecule has 2 N–H and O–H groups in total. The van der Waals surface area contributed by atoms with Crippen molar-refractivity contribution in [2.75, 3.05) is 13.1 Å². The summed E-state index contributed by atoms with van der Waals surface area (Å²) >= 11 is 0. The molecule has 1 aliphatic rings. The summed E-state index contributed by atoms with van der Waals surface area (Å²) < 4.78 is 11.0. The van der Waals surface area contributed by atoms with Gasteiger partial charge < -0.3 is 24.4 Å². The summed E-state index contributed by atoms with van der Waals surface area (Å²) in [5.74, 6) is 0.0153. The van der Waals surface area contributed by atoms with E-state index in [0.717, 1.165) is 31.2 Å². The largest absolute Gasteiger partial charge is 0.464 e. The molecule has 2 aromatic heterocycles. The predicted octanol–water partition coefficient (Wildman–Crippen LogP) is 3.78. The minimum Gasteiger partial charge on any atom is -0.464 e. The molecular formula is C27H31N3O5. The Balaban J connectivity index is 1.57. The Morgan fingerprint density at radius 3 is 2.46 bits per heavy atom. The van der Waals surface area contributed by atoms with E-state index in [0.29, 0.717) is 17.9 Å². The number of furan rings is 2. The van der Waals surface area contributed by atoms with Gasteiger partial charge in [-0.1, -0.05) is 43.2 Å². The summed E-state index contributed by atoms with van der Waals surface area (Å²) in [6, 6.07) is 15.5. The van der Waals surface area contributed by atoms with Crippen molar-refractivity contribution in [2.45, 2.75) is 51.1 Å². The number of rotatable bonds is 10. The molecular weight excluding hydrogens is 446 g/mol. The van der Waals surface area contributed by atoms with Crippen molar-refractivity contribution >= 4 is 17.7 Å². The van der Waals surface area contributed by atoms with Crippen LogP contribution in [0, 0.1) is 6.92 Å². The van der Waals surface area contributed by atoms with Gasteiger partial charge >= 0.3 is 0 Å². The van der Waals surface area contributed by atoms with E-state index in [1.807, 2.05) is 30.3 Å². The fourth-order valence-corrected chi connectivity index (χ4v) is 4.42. The Labute approximate surface area is 204 Å². The second kappa shape index (κ2) is 11.6. The molecule has 1 aromatic carbocycles. The molecule has 0 saturated heterocycles. The number of aryl methyl sites for hydroxylation is 1. The van der Waals surface area contributed by atoms with Crippen LogP contribution in [0.4, 0.5) is 0 Å². The summed E-state index contributed by atoms with van der Waals surface area (Å²) in [7, 11) is 0. The van der Waals surface area contributed by atoms with Gasteiger partial charge in [-0.2, -0.15) is 0 Å². The van der Waals surface area contributed by atoms with Gasteiger partial charge in [0.2, 0.25) is 5.91 Å². The van der Waals surface area contributed by atoms with E-state index in [1.54, 1.807) is 25.1 Å². The van der Waals surface area contributed by atoms with Crippen LogP contribution in [0.3, 0.4) is 0 Å². The van der Waals surface area contributed by atoms with Crippen LogP contribution in [0.2, 0.25) is 0 Å². The van der Waals surface area contributed by atoms with Crippen molar-refractivity contribution in [1.82, 2.24) is 15.5 Å². The zero-order valence-corrected chi connectivity index (χ0v) is 19.9. The lowest BCUT2D eigenvalue weighted by Crippen LogP contribution is -2.49. The quantitative estimate of drug-likeness (QED) is 0.462. The third-order valence-corrected chi connectivity index (χ3v) is 6.24. The summed E-state index contributed by atoms with van der Waals surface area (Å²) in [6.45, 7) is 1.80. The fraction of sp³-hybridized carbons (Fsp3) is 0.370. The van der Waals surface area contributed by atoms with Crippen LogP contribution in [-0.2, 0) is 16.0 Å². The minimum atomic E-state index is -0.943. The highest BCUT2D eigenvalue weighted by Crippen LogP contribution is 2.26. The van der Waals surface area contributed by atoms with Gasteiger partial charge in [0.05, 0.1) is 12.8 Å². The number of carbonyl (C=O) groups is 3. The first-order chi connectivity index (χ1) is 17.0. The van der Waals surface area contributed by atoms with Crippen molar-refractivity contribution in [3.05, 3.63) is 83.7 Å². The summed E-state index contributed by atoms with van der Waals surface area (Å²) in [6.07, 6.45) is 5.94. The standard InChI is InChI=1S/C27H31N3O5/c1-19-13-14-22(35-19)25(27(33)29-21-10-5-6-11-21)30(16-15-20-8-3-2-4-9-20)24(31)18-28-26(32)23-12-7-17-34-23/h2-4,7-9,12-14,17,21,25H,5-6,10-11,15-16,18H2,1H3,(H,28,32)(H,29,33)/t25-/m1/s1. The first kappa shape index (κ1) is 24.3. The van der Waals surface area contributed by atoms with E-state index in [-0.39, 0.29) is 36.7 Å². The van der Waals surface area contributed by atoms with Gasteiger partial charge in [0.1, 0.15) is 11.5 Å². The highest BCUT2D eigenvalue weighted by molar-refractivity contribution is 5.95. The second-order valence-corrected chi connectivity index (χ2v) is 8.82. The van der Waals surface area contributed by atoms with Crippen molar-refractivity contribution in [2.24, 2.45) is 0 Å². The van der Waals surface area contributed by atoms with Crippen LogP contribution in [0.25, 0.3) is 0 Å². The molecule has 2 heterocycles. The average molecular weight is 478 g/mol. The predicted molar refractivity (Wildman–Crippen MR) is 129 cm³/mol. The third kappa shape index (κ3) is 6.41. The maximum atomic E-state index is 13.5. The fourth-order valence-electron chi connectivity index (χ4n) is 4.42. The molecule has 0 radical (unpaired) electrons. The minimum absolute atomic E-state index is 0.0887. The molecule has 1 aliphatic carbocycles. The number of carbonyl (C=O) groups excluding carboxylic acids is 3. The van der Waals surface area contributed by atoms with Crippen LogP contribution < -0.4 is 10.6 Å². The van der Waals surface area contributed by atoms with Gasteiger partial charge in [-0.25, -0.2) is 0 Å². The average Bonchev–Trinajstić information content (AvgIpc) is 3.64. The highest BCUT2D eigenvalue weighted by Gasteiger charge is 2.35. The number of hydrogen-bond donors (Lipinski definition) is 2. The van der Waals surface area contributed by atoms with E-state index >= 15 is 0 Å². The SMILES string of the molecule is Cc1ccc([C@H](C(=O)NC2CCCC2)N(CCc2ccccc2)C(=O)CNC(=O)c2ccco2)o1. The van der Waals surface area contributed by atoms with Gasteiger partial charge in [-0.05, 0) is 56.0 Å². The molecule has 0 unspecified atom stereocenters. The van der Waals surface area contributed by atoms with E-state index < -0.39 is 11.9 Å². The van der Waals surface area contributed by atoms with Gasteiger partial charge in [0.25, 0.3) is 11.8 Å². The third-order valence-electron chi connectivity index (χ3n) is 6.24. The Kier molecular flexibility index (Phi) is 8.03. The summed E-state index contributed by atoms with van der Waals surface area (Å²) in [5.41, 5.74) is 1.04. The van der Waals surface area contributed by atoms with Crippen LogP contribution >= 0.6 is 0 Å². The van der Waals surface area contributed by atoms with Gasteiger partial charge in [0.15, 0.2) is 11.8 Å². The lowest BCUT2D eigenvalue weighted by Gasteiger charge is -2.31. The van der Waals surface area contributed by atoms with Crippen molar-refractivity contribution in [1.29, 1.82) is 0 Å². The monoisotopic (exact) mass is 477 g/mol. The molecule has 3 aromatic rings. The molecule has 8 heteroatoms. The lowest BCUT2D eigenvalue weighted by molar-refractivity contribution is -0.141. The van der Waals surface area contributed by atoms with Crippen LogP contribution in [-0.4, -0.2) is 41.8 Å². The van der Waals surface area contributed by atoms with Crippen LogP contribution in [0.1, 0.15) is 59.4 Å². The topological polar surface area (TPSA) is 105 Å². The lowest BCUT2D eigenvalue weighted by atomic mass is 10.1. The normalized spacial score (nSPS) is 14.4. The summed E-state index contributed by atoms with van der Waals surface area (Å²) in [4.78, 5) is 40.8. The molecule has 35 heavy (non-hydrogen) atoms. The van der Waals surface area contributed by atoms with E-state index in [9.17, 15) is 14.4 Å². The number of benzene rings is 1. The number of nitrogens with one attached hydrogen (secondary N) is 2. The molecule has 184 valence electrons.